The molecule has 14 heavy (non-hydrogen) atoms. The van der Waals surface area contributed by atoms with Crippen molar-refractivity contribution >= 4 is 17.6 Å². The zero-order chi connectivity index (χ0) is 9.97. The normalized spacial score (nSPS) is 16.6. The molecule has 1 aromatic heterocycles. The van der Waals surface area contributed by atoms with Gasteiger partial charge in [0.1, 0.15) is 0 Å². The van der Waals surface area contributed by atoms with Crippen LogP contribution in [0.25, 0.3) is 0 Å². The van der Waals surface area contributed by atoms with E-state index in [1.165, 1.54) is 23.4 Å². The second kappa shape index (κ2) is 4.24. The summed E-state index contributed by atoms with van der Waals surface area (Å²) in [6.45, 7) is 5.54. The highest BCUT2D eigenvalue weighted by atomic mass is 32.1. The first kappa shape index (κ1) is 9.87. The SMILES string of the molecule is CCCN1CCc2c(C=O)csc2C1. The standard InChI is InChI=1S/C11H15NOS/c1-2-4-12-5-3-10-9(7-13)8-14-11(10)6-12/h7-8H,2-6H2,1H3. The Morgan fingerprint density at radius 3 is 3.21 bits per heavy atom. The Hall–Kier alpha value is -0.670. The van der Waals surface area contributed by atoms with Gasteiger partial charge in [0.2, 0.25) is 0 Å². The molecule has 1 aliphatic rings. The largest absolute Gasteiger partial charge is 0.298 e. The van der Waals surface area contributed by atoms with Gasteiger partial charge in [-0.15, -0.1) is 11.3 Å². The van der Waals surface area contributed by atoms with Gasteiger partial charge in [-0.25, -0.2) is 0 Å². The number of carbonyl (C=O) groups is 1. The molecule has 3 heteroatoms. The van der Waals surface area contributed by atoms with Crippen molar-refractivity contribution in [2.45, 2.75) is 26.3 Å². The van der Waals surface area contributed by atoms with Gasteiger partial charge < -0.3 is 0 Å². The zero-order valence-corrected chi connectivity index (χ0v) is 9.27. The maximum absolute atomic E-state index is 10.7. The number of hydrogen-bond acceptors (Lipinski definition) is 3. The maximum Gasteiger partial charge on any atom is 0.151 e. The number of aldehydes is 1. The molecule has 1 aromatic rings. The van der Waals surface area contributed by atoms with Crippen LogP contribution in [0.5, 0.6) is 0 Å². The molecule has 1 aliphatic heterocycles. The average Bonchev–Trinajstić information content (AvgIpc) is 2.60. The van der Waals surface area contributed by atoms with Crippen LogP contribution in [0.15, 0.2) is 5.38 Å². The van der Waals surface area contributed by atoms with E-state index in [9.17, 15) is 4.79 Å². The fourth-order valence-corrected chi connectivity index (χ4v) is 3.10. The topological polar surface area (TPSA) is 20.3 Å². The van der Waals surface area contributed by atoms with E-state index in [0.29, 0.717) is 0 Å². The van der Waals surface area contributed by atoms with Crippen LogP contribution in [-0.2, 0) is 13.0 Å². The molecule has 0 saturated carbocycles. The van der Waals surface area contributed by atoms with E-state index in [0.717, 1.165) is 31.4 Å². The number of fused-ring (bicyclic) bond motifs is 1. The monoisotopic (exact) mass is 209 g/mol. The minimum Gasteiger partial charge on any atom is -0.298 e. The molecule has 0 saturated heterocycles. The zero-order valence-electron chi connectivity index (χ0n) is 8.45. The van der Waals surface area contributed by atoms with E-state index in [4.69, 9.17) is 0 Å². The Bertz CT molecular complexity index is 332. The van der Waals surface area contributed by atoms with Crippen LogP contribution in [0.2, 0.25) is 0 Å². The highest BCUT2D eigenvalue weighted by molar-refractivity contribution is 7.10. The van der Waals surface area contributed by atoms with Crippen LogP contribution in [0, 0.1) is 0 Å². The van der Waals surface area contributed by atoms with Crippen molar-refractivity contribution in [3.8, 4) is 0 Å². The molecule has 0 aromatic carbocycles. The van der Waals surface area contributed by atoms with Crippen LogP contribution in [0.4, 0.5) is 0 Å². The molecule has 0 atom stereocenters. The lowest BCUT2D eigenvalue weighted by Gasteiger charge is -2.26. The van der Waals surface area contributed by atoms with Crippen LogP contribution in [0.1, 0.15) is 34.1 Å². The van der Waals surface area contributed by atoms with Gasteiger partial charge in [-0.3, -0.25) is 9.69 Å². The molecule has 76 valence electrons. The number of rotatable bonds is 3. The lowest BCUT2D eigenvalue weighted by molar-refractivity contribution is 0.112. The first-order chi connectivity index (χ1) is 6.85. The molecule has 2 nitrogen and oxygen atoms in total. The van der Waals surface area contributed by atoms with Gasteiger partial charge >= 0.3 is 0 Å². The van der Waals surface area contributed by atoms with Crippen molar-refractivity contribution < 1.29 is 4.79 Å². The Kier molecular flexibility index (Phi) is 2.99. The van der Waals surface area contributed by atoms with E-state index in [1.807, 2.05) is 5.38 Å². The molecule has 2 heterocycles. The fourth-order valence-electron chi connectivity index (χ4n) is 2.01. The Morgan fingerprint density at radius 1 is 1.64 bits per heavy atom. The lowest BCUT2D eigenvalue weighted by atomic mass is 10.0. The van der Waals surface area contributed by atoms with Crippen molar-refractivity contribution in [2.24, 2.45) is 0 Å². The second-order valence-corrected chi connectivity index (χ2v) is 4.70. The summed E-state index contributed by atoms with van der Waals surface area (Å²) in [6, 6.07) is 0. The smallest absolute Gasteiger partial charge is 0.151 e. The summed E-state index contributed by atoms with van der Waals surface area (Å²) < 4.78 is 0. The van der Waals surface area contributed by atoms with Gasteiger partial charge in [0, 0.05) is 28.9 Å². The van der Waals surface area contributed by atoms with Gasteiger partial charge in [0.25, 0.3) is 0 Å². The Morgan fingerprint density at radius 2 is 2.50 bits per heavy atom. The molecular formula is C11H15NOS. The number of thiophene rings is 1. The fraction of sp³-hybridized carbons (Fsp3) is 0.545. The summed E-state index contributed by atoms with van der Waals surface area (Å²) in [5.74, 6) is 0. The first-order valence-electron chi connectivity index (χ1n) is 5.12. The van der Waals surface area contributed by atoms with Gasteiger partial charge in [-0.2, -0.15) is 0 Å². The van der Waals surface area contributed by atoms with Gasteiger partial charge in [0.05, 0.1) is 0 Å². The molecule has 0 fully saturated rings. The summed E-state index contributed by atoms with van der Waals surface area (Å²) in [4.78, 5) is 14.6. The van der Waals surface area contributed by atoms with E-state index in [1.54, 1.807) is 11.3 Å². The van der Waals surface area contributed by atoms with Crippen LogP contribution in [0.3, 0.4) is 0 Å². The van der Waals surface area contributed by atoms with Crippen molar-refractivity contribution in [2.75, 3.05) is 13.1 Å². The minimum absolute atomic E-state index is 0.918. The third kappa shape index (κ3) is 1.74. The first-order valence-corrected chi connectivity index (χ1v) is 6.00. The molecule has 0 unspecified atom stereocenters. The van der Waals surface area contributed by atoms with Crippen LogP contribution >= 0.6 is 11.3 Å². The highest BCUT2D eigenvalue weighted by Gasteiger charge is 2.19. The average molecular weight is 209 g/mol. The summed E-state index contributed by atoms with van der Waals surface area (Å²) in [7, 11) is 0. The molecule has 2 rings (SSSR count). The van der Waals surface area contributed by atoms with Crippen molar-refractivity contribution in [3.63, 3.8) is 0 Å². The predicted octanol–water partition coefficient (Wildman–Crippen LogP) is 2.33. The molecule has 0 spiro atoms. The van der Waals surface area contributed by atoms with E-state index >= 15 is 0 Å². The van der Waals surface area contributed by atoms with Crippen LogP contribution in [-0.4, -0.2) is 24.3 Å². The molecule has 0 aliphatic carbocycles. The van der Waals surface area contributed by atoms with Gasteiger partial charge in [-0.05, 0) is 24.9 Å². The Balaban J connectivity index is 2.15. The second-order valence-electron chi connectivity index (χ2n) is 3.74. The van der Waals surface area contributed by atoms with E-state index in [2.05, 4.69) is 11.8 Å². The van der Waals surface area contributed by atoms with Crippen molar-refractivity contribution in [1.29, 1.82) is 0 Å². The van der Waals surface area contributed by atoms with Crippen molar-refractivity contribution in [3.05, 3.63) is 21.4 Å². The molecule has 0 N–H and O–H groups in total. The van der Waals surface area contributed by atoms with E-state index < -0.39 is 0 Å². The summed E-state index contributed by atoms with van der Waals surface area (Å²) >= 11 is 1.73. The van der Waals surface area contributed by atoms with E-state index in [-0.39, 0.29) is 0 Å². The lowest BCUT2D eigenvalue weighted by Crippen LogP contribution is -2.30. The predicted molar refractivity (Wildman–Crippen MR) is 59.0 cm³/mol. The third-order valence-electron chi connectivity index (χ3n) is 2.73. The highest BCUT2D eigenvalue weighted by Crippen LogP contribution is 2.27. The number of hydrogen-bond donors (Lipinski definition) is 0. The minimum atomic E-state index is 0.918. The molecular weight excluding hydrogens is 194 g/mol. The number of carbonyl (C=O) groups excluding carboxylic acids is 1. The summed E-state index contributed by atoms with van der Waals surface area (Å²) in [6.07, 6.45) is 3.25. The molecule has 0 amide bonds. The molecule has 0 radical (unpaired) electrons. The quantitative estimate of drug-likeness (QED) is 0.712. The Labute approximate surface area is 88.5 Å². The number of nitrogens with zero attached hydrogens (tertiary/aromatic N) is 1. The van der Waals surface area contributed by atoms with Gasteiger partial charge in [0.15, 0.2) is 6.29 Å². The molecule has 0 bridgehead atoms. The van der Waals surface area contributed by atoms with Crippen LogP contribution < -0.4 is 0 Å². The van der Waals surface area contributed by atoms with Gasteiger partial charge in [-0.1, -0.05) is 6.92 Å². The van der Waals surface area contributed by atoms with Crippen molar-refractivity contribution in [1.82, 2.24) is 4.90 Å². The maximum atomic E-state index is 10.7. The summed E-state index contributed by atoms with van der Waals surface area (Å²) in [5.41, 5.74) is 2.22. The third-order valence-corrected chi connectivity index (χ3v) is 3.76. The summed E-state index contributed by atoms with van der Waals surface area (Å²) in [5, 5.41) is 1.99.